The Bertz CT molecular complexity index is 675. The lowest BCUT2D eigenvalue weighted by molar-refractivity contribution is 0.465. The van der Waals surface area contributed by atoms with E-state index >= 15 is 0 Å². The van der Waals surface area contributed by atoms with E-state index in [0.29, 0.717) is 12.4 Å². The maximum atomic E-state index is 5.78. The van der Waals surface area contributed by atoms with Gasteiger partial charge < -0.3 is 10.5 Å². The molecule has 0 fully saturated rings. The molecule has 0 aliphatic carbocycles. The van der Waals surface area contributed by atoms with Crippen molar-refractivity contribution in [2.45, 2.75) is 6.42 Å². The van der Waals surface area contributed by atoms with E-state index < -0.39 is 0 Å². The summed E-state index contributed by atoms with van der Waals surface area (Å²) in [5, 5.41) is 4.14. The fraction of sp³-hybridized carbons (Fsp3) is 0.143. The van der Waals surface area contributed by atoms with E-state index in [1.54, 1.807) is 23.1 Å². The summed E-state index contributed by atoms with van der Waals surface area (Å²) in [5.41, 5.74) is 7.56. The predicted octanol–water partition coefficient (Wildman–Crippen LogP) is 2.02. The molecular weight excluding hydrogens is 240 g/mol. The summed E-state index contributed by atoms with van der Waals surface area (Å²) >= 11 is 0. The summed E-state index contributed by atoms with van der Waals surface area (Å²) in [5.74, 6) is 1.30. The second-order valence-electron chi connectivity index (χ2n) is 4.18. The average Bonchev–Trinajstić information content (AvgIpc) is 2.91. The number of aromatic nitrogens is 3. The van der Waals surface area contributed by atoms with Crippen LogP contribution in [-0.4, -0.2) is 21.1 Å². The highest BCUT2D eigenvalue weighted by atomic mass is 16.5. The molecule has 0 saturated carbocycles. The molecule has 1 aromatic carbocycles. The van der Waals surface area contributed by atoms with Crippen LogP contribution in [0, 0.1) is 0 Å². The zero-order valence-electron chi connectivity index (χ0n) is 10.4. The van der Waals surface area contributed by atoms with Crippen LogP contribution in [0.15, 0.2) is 48.9 Å². The van der Waals surface area contributed by atoms with Crippen molar-refractivity contribution < 1.29 is 4.74 Å². The van der Waals surface area contributed by atoms with E-state index in [1.165, 1.54) is 5.56 Å². The van der Waals surface area contributed by atoms with Crippen molar-refractivity contribution in [3.63, 3.8) is 0 Å². The van der Waals surface area contributed by atoms with Gasteiger partial charge in [-0.25, -0.2) is 9.50 Å². The Labute approximate surface area is 110 Å². The normalized spacial score (nSPS) is 10.8. The topological polar surface area (TPSA) is 65.4 Å². The van der Waals surface area contributed by atoms with Gasteiger partial charge in [-0.2, -0.15) is 5.10 Å². The zero-order chi connectivity index (χ0) is 13.1. The number of nitrogens with zero attached hydrogens (tertiary/aromatic N) is 3. The molecule has 2 N–H and O–H groups in total. The Morgan fingerprint density at radius 3 is 2.74 bits per heavy atom. The molecule has 2 heterocycles. The van der Waals surface area contributed by atoms with Crippen molar-refractivity contribution in [2.75, 3.05) is 6.54 Å². The maximum absolute atomic E-state index is 5.78. The maximum Gasteiger partial charge on any atom is 0.245 e. The molecule has 0 amide bonds. The summed E-state index contributed by atoms with van der Waals surface area (Å²) in [6.07, 6.45) is 6.04. The molecule has 3 aromatic rings. The van der Waals surface area contributed by atoms with E-state index in [9.17, 15) is 0 Å². The molecule has 5 heteroatoms. The van der Waals surface area contributed by atoms with Crippen LogP contribution in [0.4, 0.5) is 0 Å². The fourth-order valence-corrected chi connectivity index (χ4v) is 1.91. The van der Waals surface area contributed by atoms with Crippen molar-refractivity contribution in [1.29, 1.82) is 0 Å². The molecule has 0 aliphatic rings. The van der Waals surface area contributed by atoms with E-state index in [1.807, 2.05) is 30.3 Å². The third-order valence-corrected chi connectivity index (χ3v) is 2.86. The minimum atomic E-state index is 0.548. The lowest BCUT2D eigenvalue weighted by atomic mass is 10.1. The molecule has 0 spiro atoms. The smallest absolute Gasteiger partial charge is 0.245 e. The molecular formula is C14H14N4O. The first kappa shape index (κ1) is 11.7. The standard InChI is InChI=1S/C14H14N4O/c15-7-5-11-1-3-12(4-2-11)19-14-13-6-8-17-18(13)10-9-16-14/h1-4,6,8-10H,5,7,15H2. The Morgan fingerprint density at radius 1 is 1.11 bits per heavy atom. The highest BCUT2D eigenvalue weighted by Gasteiger charge is 2.05. The predicted molar refractivity (Wildman–Crippen MR) is 72.3 cm³/mol. The van der Waals surface area contributed by atoms with Crippen molar-refractivity contribution in [3.05, 3.63) is 54.5 Å². The molecule has 0 aliphatic heterocycles. The summed E-state index contributed by atoms with van der Waals surface area (Å²) in [7, 11) is 0. The van der Waals surface area contributed by atoms with Gasteiger partial charge in [-0.3, -0.25) is 0 Å². The Morgan fingerprint density at radius 2 is 1.95 bits per heavy atom. The molecule has 96 valence electrons. The van der Waals surface area contributed by atoms with Gasteiger partial charge in [0.15, 0.2) is 0 Å². The summed E-state index contributed by atoms with van der Waals surface area (Å²) < 4.78 is 7.51. The van der Waals surface area contributed by atoms with E-state index in [4.69, 9.17) is 10.5 Å². The van der Waals surface area contributed by atoms with E-state index in [2.05, 4.69) is 10.1 Å². The van der Waals surface area contributed by atoms with Crippen LogP contribution in [0.2, 0.25) is 0 Å². The SMILES string of the molecule is NCCc1ccc(Oc2nccn3nccc23)cc1. The fourth-order valence-electron chi connectivity index (χ4n) is 1.91. The van der Waals surface area contributed by atoms with Gasteiger partial charge in [0.1, 0.15) is 11.3 Å². The third kappa shape index (κ3) is 2.41. The van der Waals surface area contributed by atoms with Crippen LogP contribution in [0.25, 0.3) is 5.52 Å². The van der Waals surface area contributed by atoms with Gasteiger partial charge in [0.2, 0.25) is 5.88 Å². The van der Waals surface area contributed by atoms with Crippen LogP contribution < -0.4 is 10.5 Å². The molecule has 0 atom stereocenters. The summed E-state index contributed by atoms with van der Waals surface area (Å²) in [4.78, 5) is 4.23. The van der Waals surface area contributed by atoms with Gasteiger partial charge in [0.25, 0.3) is 0 Å². The van der Waals surface area contributed by atoms with E-state index in [0.717, 1.165) is 17.7 Å². The Balaban J connectivity index is 1.86. The van der Waals surface area contributed by atoms with Crippen LogP contribution in [0.5, 0.6) is 11.6 Å². The van der Waals surface area contributed by atoms with Crippen LogP contribution in [-0.2, 0) is 6.42 Å². The number of benzene rings is 1. The largest absolute Gasteiger partial charge is 0.437 e. The van der Waals surface area contributed by atoms with Crippen molar-refractivity contribution >= 4 is 5.52 Å². The number of rotatable bonds is 4. The second kappa shape index (κ2) is 5.07. The molecule has 0 bridgehead atoms. The minimum Gasteiger partial charge on any atom is -0.437 e. The van der Waals surface area contributed by atoms with Crippen molar-refractivity contribution in [2.24, 2.45) is 5.73 Å². The first-order valence-corrected chi connectivity index (χ1v) is 6.12. The Hall–Kier alpha value is -2.40. The lowest BCUT2D eigenvalue weighted by Gasteiger charge is -2.06. The lowest BCUT2D eigenvalue weighted by Crippen LogP contribution is -2.02. The molecule has 0 unspecified atom stereocenters. The van der Waals surface area contributed by atoms with Gasteiger partial charge >= 0.3 is 0 Å². The highest BCUT2D eigenvalue weighted by molar-refractivity contribution is 5.56. The first-order valence-electron chi connectivity index (χ1n) is 6.12. The molecule has 19 heavy (non-hydrogen) atoms. The number of hydrogen-bond acceptors (Lipinski definition) is 4. The molecule has 3 rings (SSSR count). The monoisotopic (exact) mass is 254 g/mol. The molecule has 2 aromatic heterocycles. The number of ether oxygens (including phenoxy) is 1. The van der Waals surface area contributed by atoms with Gasteiger partial charge in [-0.05, 0) is 36.7 Å². The summed E-state index contributed by atoms with van der Waals surface area (Å²) in [6.45, 7) is 0.650. The molecule has 0 saturated heterocycles. The quantitative estimate of drug-likeness (QED) is 0.773. The van der Waals surface area contributed by atoms with Gasteiger partial charge in [-0.15, -0.1) is 0 Å². The van der Waals surface area contributed by atoms with Crippen LogP contribution >= 0.6 is 0 Å². The van der Waals surface area contributed by atoms with Crippen molar-refractivity contribution in [3.8, 4) is 11.6 Å². The molecule has 0 radical (unpaired) electrons. The van der Waals surface area contributed by atoms with Gasteiger partial charge in [0.05, 0.1) is 6.20 Å². The van der Waals surface area contributed by atoms with Gasteiger partial charge in [0, 0.05) is 12.4 Å². The average molecular weight is 254 g/mol. The number of hydrogen-bond donors (Lipinski definition) is 1. The van der Waals surface area contributed by atoms with Crippen LogP contribution in [0.1, 0.15) is 5.56 Å². The zero-order valence-corrected chi connectivity index (χ0v) is 10.4. The Kier molecular flexibility index (Phi) is 3.12. The highest BCUT2D eigenvalue weighted by Crippen LogP contribution is 2.23. The third-order valence-electron chi connectivity index (χ3n) is 2.86. The first-order chi connectivity index (χ1) is 9.36. The minimum absolute atomic E-state index is 0.548. The van der Waals surface area contributed by atoms with Gasteiger partial charge in [-0.1, -0.05) is 12.1 Å². The molecule has 5 nitrogen and oxygen atoms in total. The second-order valence-corrected chi connectivity index (χ2v) is 4.18. The van der Waals surface area contributed by atoms with Crippen molar-refractivity contribution in [1.82, 2.24) is 14.6 Å². The van der Waals surface area contributed by atoms with Crippen LogP contribution in [0.3, 0.4) is 0 Å². The summed E-state index contributed by atoms with van der Waals surface area (Å²) in [6, 6.07) is 9.74. The van der Waals surface area contributed by atoms with E-state index in [-0.39, 0.29) is 0 Å². The number of nitrogens with two attached hydrogens (primary N) is 1. The number of fused-ring (bicyclic) bond motifs is 1.